The first-order valence-corrected chi connectivity index (χ1v) is 9.67. The molecule has 0 unspecified atom stereocenters. The standard InChI is InChI=1S/C19H18IN5O2/c20-15-3-6-18(22-10-15)25-12-14(9-23-25)19(26)24-16-4-1-13(2-5-16)17-11-21-7-8-27-17/h1-6,9-10,12,17,21H,7-8,11H2,(H,24,26)/t17-/m1/s1. The van der Waals surface area contributed by atoms with Crippen LogP contribution in [0.15, 0.2) is 55.0 Å². The van der Waals surface area contributed by atoms with Gasteiger partial charge in [-0.1, -0.05) is 12.1 Å². The molecule has 7 nitrogen and oxygen atoms in total. The van der Waals surface area contributed by atoms with Gasteiger partial charge in [0.15, 0.2) is 5.82 Å². The molecular formula is C19H18IN5O2. The third-order valence-corrected chi connectivity index (χ3v) is 4.90. The molecule has 3 aromatic rings. The molecule has 0 spiro atoms. The van der Waals surface area contributed by atoms with Gasteiger partial charge in [0.2, 0.25) is 0 Å². The zero-order chi connectivity index (χ0) is 18.6. The zero-order valence-electron chi connectivity index (χ0n) is 14.4. The fourth-order valence-electron chi connectivity index (χ4n) is 2.83. The molecule has 138 valence electrons. The number of nitrogens with one attached hydrogen (secondary N) is 2. The van der Waals surface area contributed by atoms with Crippen LogP contribution >= 0.6 is 22.6 Å². The van der Waals surface area contributed by atoms with Gasteiger partial charge in [0.05, 0.1) is 24.5 Å². The highest BCUT2D eigenvalue weighted by Gasteiger charge is 2.16. The predicted molar refractivity (Wildman–Crippen MR) is 110 cm³/mol. The summed E-state index contributed by atoms with van der Waals surface area (Å²) in [5.41, 5.74) is 2.30. The Morgan fingerprint density at radius 3 is 2.78 bits per heavy atom. The van der Waals surface area contributed by atoms with Crippen molar-refractivity contribution < 1.29 is 9.53 Å². The predicted octanol–water partition coefficient (Wildman–Crippen LogP) is 2.79. The highest BCUT2D eigenvalue weighted by atomic mass is 127. The minimum absolute atomic E-state index is 0.0585. The zero-order valence-corrected chi connectivity index (χ0v) is 16.6. The molecule has 1 aromatic carbocycles. The number of nitrogens with zero attached hydrogens (tertiary/aromatic N) is 3. The number of amides is 1. The molecular weight excluding hydrogens is 457 g/mol. The lowest BCUT2D eigenvalue weighted by atomic mass is 10.1. The molecule has 1 aliphatic rings. The minimum Gasteiger partial charge on any atom is -0.371 e. The van der Waals surface area contributed by atoms with Gasteiger partial charge < -0.3 is 15.4 Å². The number of aromatic nitrogens is 3. The van der Waals surface area contributed by atoms with Crippen LogP contribution in [0.5, 0.6) is 0 Å². The van der Waals surface area contributed by atoms with E-state index in [9.17, 15) is 4.79 Å². The molecule has 1 saturated heterocycles. The molecule has 3 heterocycles. The molecule has 0 aliphatic carbocycles. The molecule has 1 amide bonds. The van der Waals surface area contributed by atoms with E-state index in [4.69, 9.17) is 4.74 Å². The first-order valence-electron chi connectivity index (χ1n) is 8.59. The van der Waals surface area contributed by atoms with Gasteiger partial charge in [-0.15, -0.1) is 0 Å². The lowest BCUT2D eigenvalue weighted by Gasteiger charge is -2.24. The summed E-state index contributed by atoms with van der Waals surface area (Å²) in [5.74, 6) is 0.454. The quantitative estimate of drug-likeness (QED) is 0.568. The van der Waals surface area contributed by atoms with E-state index in [1.807, 2.05) is 36.4 Å². The summed E-state index contributed by atoms with van der Waals surface area (Å²) in [6, 6.07) is 11.5. The molecule has 27 heavy (non-hydrogen) atoms. The van der Waals surface area contributed by atoms with Gasteiger partial charge in [0.25, 0.3) is 5.91 Å². The minimum atomic E-state index is -0.213. The van der Waals surface area contributed by atoms with E-state index in [0.717, 1.165) is 27.9 Å². The number of anilines is 1. The average molecular weight is 475 g/mol. The van der Waals surface area contributed by atoms with E-state index in [-0.39, 0.29) is 12.0 Å². The van der Waals surface area contributed by atoms with E-state index in [1.54, 1.807) is 17.1 Å². The summed E-state index contributed by atoms with van der Waals surface area (Å²) >= 11 is 2.19. The second-order valence-corrected chi connectivity index (χ2v) is 7.39. The van der Waals surface area contributed by atoms with Crippen LogP contribution in [0.1, 0.15) is 22.0 Å². The maximum atomic E-state index is 12.5. The monoisotopic (exact) mass is 475 g/mol. The van der Waals surface area contributed by atoms with Crippen molar-refractivity contribution in [3.63, 3.8) is 0 Å². The molecule has 0 bridgehead atoms. The maximum absolute atomic E-state index is 12.5. The van der Waals surface area contributed by atoms with Gasteiger partial charge in [-0.05, 0) is 52.4 Å². The topological polar surface area (TPSA) is 81.1 Å². The van der Waals surface area contributed by atoms with Gasteiger partial charge in [-0.25, -0.2) is 9.67 Å². The number of hydrogen-bond donors (Lipinski definition) is 2. The Hall–Kier alpha value is -2.30. The van der Waals surface area contributed by atoms with Crippen molar-refractivity contribution in [2.45, 2.75) is 6.10 Å². The number of hydrogen-bond acceptors (Lipinski definition) is 5. The van der Waals surface area contributed by atoms with Crippen molar-refractivity contribution >= 4 is 34.2 Å². The summed E-state index contributed by atoms with van der Waals surface area (Å²) < 4.78 is 8.37. The van der Waals surface area contributed by atoms with Gasteiger partial charge in [-0.2, -0.15) is 5.10 Å². The van der Waals surface area contributed by atoms with Crippen LogP contribution in [0.2, 0.25) is 0 Å². The van der Waals surface area contributed by atoms with E-state index in [2.05, 4.69) is 43.3 Å². The summed E-state index contributed by atoms with van der Waals surface area (Å²) in [6.07, 6.45) is 5.01. The molecule has 0 saturated carbocycles. The molecule has 1 atom stereocenters. The molecule has 0 radical (unpaired) electrons. The third kappa shape index (κ3) is 4.34. The Morgan fingerprint density at radius 1 is 1.22 bits per heavy atom. The van der Waals surface area contributed by atoms with Crippen molar-refractivity contribution in [1.82, 2.24) is 20.1 Å². The average Bonchev–Trinajstić information content (AvgIpc) is 3.20. The van der Waals surface area contributed by atoms with Crippen LogP contribution in [0.3, 0.4) is 0 Å². The number of benzene rings is 1. The van der Waals surface area contributed by atoms with E-state index >= 15 is 0 Å². The number of rotatable bonds is 4. The fourth-order valence-corrected chi connectivity index (χ4v) is 3.15. The lowest BCUT2D eigenvalue weighted by molar-refractivity contribution is 0.0277. The molecule has 2 N–H and O–H groups in total. The number of ether oxygens (including phenoxy) is 1. The van der Waals surface area contributed by atoms with E-state index in [1.165, 1.54) is 6.20 Å². The summed E-state index contributed by atoms with van der Waals surface area (Å²) in [7, 11) is 0. The normalized spacial score (nSPS) is 16.9. The van der Waals surface area contributed by atoms with Gasteiger partial charge >= 0.3 is 0 Å². The molecule has 1 fully saturated rings. The summed E-state index contributed by atoms with van der Waals surface area (Å²) in [4.78, 5) is 16.8. The highest BCUT2D eigenvalue weighted by molar-refractivity contribution is 14.1. The second-order valence-electron chi connectivity index (χ2n) is 6.15. The van der Waals surface area contributed by atoms with Gasteiger partial charge in [0.1, 0.15) is 0 Å². The SMILES string of the molecule is O=C(Nc1ccc([C@H]2CNCCO2)cc1)c1cnn(-c2ccc(I)cn2)c1. The summed E-state index contributed by atoms with van der Waals surface area (Å²) in [5, 5.41) is 10.4. The first-order chi connectivity index (χ1) is 13.2. The van der Waals surface area contributed by atoms with Gasteiger partial charge in [0, 0.05) is 34.7 Å². The van der Waals surface area contributed by atoms with Crippen LogP contribution in [-0.4, -0.2) is 40.4 Å². The molecule has 2 aromatic heterocycles. The highest BCUT2D eigenvalue weighted by Crippen LogP contribution is 2.21. The van der Waals surface area contributed by atoms with E-state index < -0.39 is 0 Å². The number of morpholine rings is 1. The number of carbonyl (C=O) groups is 1. The van der Waals surface area contributed by atoms with Crippen molar-refractivity contribution in [3.05, 3.63) is 69.7 Å². The van der Waals surface area contributed by atoms with Crippen molar-refractivity contribution in [3.8, 4) is 5.82 Å². The van der Waals surface area contributed by atoms with Crippen LogP contribution < -0.4 is 10.6 Å². The molecule has 4 rings (SSSR count). The Morgan fingerprint density at radius 2 is 2.07 bits per heavy atom. The van der Waals surface area contributed by atoms with E-state index in [0.29, 0.717) is 18.0 Å². The Kier molecular flexibility index (Phi) is 5.46. The Bertz CT molecular complexity index is 918. The van der Waals surface area contributed by atoms with Crippen molar-refractivity contribution in [2.75, 3.05) is 25.0 Å². The van der Waals surface area contributed by atoms with Crippen LogP contribution in [0.25, 0.3) is 5.82 Å². The first kappa shape index (κ1) is 18.1. The number of halogens is 1. The Labute approximate surface area is 170 Å². The maximum Gasteiger partial charge on any atom is 0.258 e. The van der Waals surface area contributed by atoms with Crippen LogP contribution in [0, 0.1) is 3.57 Å². The fraction of sp³-hybridized carbons (Fsp3) is 0.211. The largest absolute Gasteiger partial charge is 0.371 e. The van der Waals surface area contributed by atoms with Crippen LogP contribution in [-0.2, 0) is 4.74 Å². The smallest absolute Gasteiger partial charge is 0.258 e. The van der Waals surface area contributed by atoms with Crippen molar-refractivity contribution in [1.29, 1.82) is 0 Å². The lowest BCUT2D eigenvalue weighted by Crippen LogP contribution is -2.33. The summed E-state index contributed by atoms with van der Waals surface area (Å²) in [6.45, 7) is 2.40. The number of carbonyl (C=O) groups excluding carboxylic acids is 1. The Balaban J connectivity index is 1.42. The third-order valence-electron chi connectivity index (χ3n) is 4.26. The number of pyridine rings is 1. The van der Waals surface area contributed by atoms with Crippen molar-refractivity contribution in [2.24, 2.45) is 0 Å². The van der Waals surface area contributed by atoms with Crippen LogP contribution in [0.4, 0.5) is 5.69 Å². The molecule has 8 heteroatoms. The second kappa shape index (κ2) is 8.15. The molecule has 1 aliphatic heterocycles. The van der Waals surface area contributed by atoms with Gasteiger partial charge in [-0.3, -0.25) is 4.79 Å².